The molecule has 0 atom stereocenters. The van der Waals surface area contributed by atoms with Crippen LogP contribution < -0.4 is 10.9 Å². The van der Waals surface area contributed by atoms with E-state index in [1.165, 1.54) is 10.7 Å². The summed E-state index contributed by atoms with van der Waals surface area (Å²) in [6.45, 7) is 1.41. The molecule has 1 aromatic heterocycles. The third-order valence-electron chi connectivity index (χ3n) is 4.64. The van der Waals surface area contributed by atoms with Crippen LogP contribution >= 0.6 is 0 Å². The Morgan fingerprint density at radius 2 is 1.97 bits per heavy atom. The molecule has 0 aliphatic rings. The second-order valence-electron chi connectivity index (χ2n) is 7.53. The van der Waals surface area contributed by atoms with Gasteiger partial charge in [0.05, 0.1) is 30.5 Å². The van der Waals surface area contributed by atoms with Gasteiger partial charge in [0, 0.05) is 23.9 Å². The average molecular weight is 431 g/mol. The van der Waals surface area contributed by atoms with E-state index in [2.05, 4.69) is 16.5 Å². The van der Waals surface area contributed by atoms with Crippen LogP contribution in [0.25, 0.3) is 11.3 Å². The molecule has 3 rings (SSSR count). The summed E-state index contributed by atoms with van der Waals surface area (Å²) in [6.07, 6.45) is 0.235. The van der Waals surface area contributed by atoms with E-state index in [-0.39, 0.29) is 12.1 Å². The number of anilines is 1. The number of carbonyl (C=O) groups is 1. The molecule has 0 saturated heterocycles. The Balaban J connectivity index is 1.69. The summed E-state index contributed by atoms with van der Waals surface area (Å²) in [6, 6.07) is 19.4. The van der Waals surface area contributed by atoms with Gasteiger partial charge < -0.3 is 9.64 Å². The fraction of sp³-hybridized carbons (Fsp3) is 0.250. The van der Waals surface area contributed by atoms with E-state index >= 15 is 0 Å². The van der Waals surface area contributed by atoms with Gasteiger partial charge in [-0.3, -0.25) is 10.1 Å². The maximum Gasteiger partial charge on any atom is 0.411 e. The Morgan fingerprint density at radius 3 is 2.75 bits per heavy atom. The lowest BCUT2D eigenvalue weighted by atomic mass is 10.1. The predicted octanol–water partition coefficient (Wildman–Crippen LogP) is 3.33. The zero-order chi connectivity index (χ0) is 22.9. The predicted molar refractivity (Wildman–Crippen MR) is 122 cm³/mol. The molecule has 0 unspecified atom stereocenters. The van der Waals surface area contributed by atoms with Gasteiger partial charge in [0.2, 0.25) is 0 Å². The third kappa shape index (κ3) is 6.52. The number of nitrogens with one attached hydrogen (secondary N) is 1. The number of nitriles is 1. The van der Waals surface area contributed by atoms with E-state index in [1.54, 1.807) is 42.5 Å². The summed E-state index contributed by atoms with van der Waals surface area (Å²) >= 11 is 0. The van der Waals surface area contributed by atoms with Crippen LogP contribution in [0.15, 0.2) is 65.5 Å². The summed E-state index contributed by atoms with van der Waals surface area (Å²) in [4.78, 5) is 26.4. The molecule has 0 saturated carbocycles. The molecule has 0 fully saturated rings. The quantitative estimate of drug-likeness (QED) is 0.549. The van der Waals surface area contributed by atoms with Gasteiger partial charge in [-0.25, -0.2) is 9.48 Å². The van der Waals surface area contributed by atoms with Crippen molar-refractivity contribution in [3.63, 3.8) is 0 Å². The Morgan fingerprint density at radius 1 is 1.16 bits per heavy atom. The minimum atomic E-state index is -0.518. The van der Waals surface area contributed by atoms with Crippen molar-refractivity contribution >= 4 is 11.8 Å². The highest BCUT2D eigenvalue weighted by Gasteiger charge is 2.08. The van der Waals surface area contributed by atoms with Gasteiger partial charge in [-0.1, -0.05) is 24.3 Å². The van der Waals surface area contributed by atoms with E-state index in [0.717, 1.165) is 24.1 Å². The molecule has 0 spiro atoms. The van der Waals surface area contributed by atoms with Crippen molar-refractivity contribution in [3.8, 4) is 17.3 Å². The number of hydrogen-bond donors (Lipinski definition) is 1. The first-order chi connectivity index (χ1) is 15.4. The van der Waals surface area contributed by atoms with Crippen molar-refractivity contribution in [2.24, 2.45) is 0 Å². The Kier molecular flexibility index (Phi) is 7.73. The van der Waals surface area contributed by atoms with E-state index in [1.807, 2.05) is 31.1 Å². The highest BCUT2D eigenvalue weighted by molar-refractivity contribution is 5.84. The van der Waals surface area contributed by atoms with Crippen LogP contribution in [0.2, 0.25) is 0 Å². The van der Waals surface area contributed by atoms with Crippen molar-refractivity contribution in [1.29, 1.82) is 5.26 Å². The first kappa shape index (κ1) is 22.7. The zero-order valence-corrected chi connectivity index (χ0v) is 18.1. The molecule has 8 nitrogen and oxygen atoms in total. The first-order valence-electron chi connectivity index (χ1n) is 10.2. The van der Waals surface area contributed by atoms with Crippen molar-refractivity contribution in [3.05, 3.63) is 82.1 Å². The number of hydrogen-bond acceptors (Lipinski definition) is 6. The Bertz CT molecular complexity index is 1180. The number of carbonyl (C=O) groups excluding carboxylic acids is 1. The zero-order valence-electron chi connectivity index (χ0n) is 18.1. The van der Waals surface area contributed by atoms with Crippen LogP contribution in [0.1, 0.15) is 17.5 Å². The fourth-order valence-electron chi connectivity index (χ4n) is 3.08. The van der Waals surface area contributed by atoms with Gasteiger partial charge >= 0.3 is 6.09 Å². The lowest BCUT2D eigenvalue weighted by molar-refractivity contribution is 0.156. The van der Waals surface area contributed by atoms with Crippen molar-refractivity contribution in [2.45, 2.75) is 13.0 Å². The first-order valence-corrected chi connectivity index (χ1v) is 10.2. The van der Waals surface area contributed by atoms with Gasteiger partial charge in [0.25, 0.3) is 5.56 Å². The number of nitrogens with zero attached hydrogens (tertiary/aromatic N) is 4. The second kappa shape index (κ2) is 10.9. The standard InChI is InChI=1S/C24H25N5O3/c1-28(2)12-5-13-32-24(31)26-21-9-4-7-19(15-21)17-29-23(30)11-10-22(27-29)20-8-3-6-18(14-20)16-25/h3-4,6-11,14-15H,5,12-13,17H2,1-2H3,(H,26,31). The molecule has 0 aliphatic heterocycles. The van der Waals surface area contributed by atoms with Crippen LogP contribution in [0, 0.1) is 11.3 Å². The molecule has 1 N–H and O–H groups in total. The topological polar surface area (TPSA) is 100 Å². The summed E-state index contributed by atoms with van der Waals surface area (Å²) in [5, 5.41) is 16.3. The molecule has 0 radical (unpaired) electrons. The molecule has 1 amide bonds. The van der Waals surface area contributed by atoms with E-state index in [4.69, 9.17) is 10.00 Å². The van der Waals surface area contributed by atoms with E-state index < -0.39 is 6.09 Å². The van der Waals surface area contributed by atoms with Crippen molar-refractivity contribution < 1.29 is 9.53 Å². The summed E-state index contributed by atoms with van der Waals surface area (Å²) in [5.74, 6) is 0. The molecule has 8 heteroatoms. The monoisotopic (exact) mass is 431 g/mol. The largest absolute Gasteiger partial charge is 0.449 e. The highest BCUT2D eigenvalue weighted by Crippen LogP contribution is 2.17. The summed E-state index contributed by atoms with van der Waals surface area (Å²) in [5.41, 5.74) is 3.00. The Labute approximate surface area is 186 Å². The molecular weight excluding hydrogens is 406 g/mol. The van der Waals surface area contributed by atoms with Crippen LogP contribution in [0.3, 0.4) is 0 Å². The highest BCUT2D eigenvalue weighted by atomic mass is 16.5. The number of rotatable bonds is 8. The van der Waals surface area contributed by atoms with Gasteiger partial charge in [-0.2, -0.15) is 10.4 Å². The SMILES string of the molecule is CN(C)CCCOC(=O)Nc1cccc(Cn2nc(-c3cccc(C#N)c3)ccc2=O)c1. The van der Waals surface area contributed by atoms with E-state index in [9.17, 15) is 9.59 Å². The molecule has 0 bridgehead atoms. The van der Waals surface area contributed by atoms with Crippen LogP contribution in [-0.4, -0.2) is 48.0 Å². The van der Waals surface area contributed by atoms with Crippen LogP contribution in [0.4, 0.5) is 10.5 Å². The minimum absolute atomic E-state index is 0.234. The van der Waals surface area contributed by atoms with Gasteiger partial charge in [-0.05, 0) is 56.4 Å². The number of amides is 1. The van der Waals surface area contributed by atoms with Crippen molar-refractivity contribution in [1.82, 2.24) is 14.7 Å². The van der Waals surface area contributed by atoms with E-state index in [0.29, 0.717) is 23.6 Å². The van der Waals surface area contributed by atoms with Crippen molar-refractivity contribution in [2.75, 3.05) is 32.6 Å². The molecule has 164 valence electrons. The molecule has 32 heavy (non-hydrogen) atoms. The Hall–Kier alpha value is -3.96. The van der Waals surface area contributed by atoms with Gasteiger partial charge in [0.1, 0.15) is 0 Å². The normalized spacial score (nSPS) is 10.6. The molecule has 0 aliphatic carbocycles. The minimum Gasteiger partial charge on any atom is -0.449 e. The number of aromatic nitrogens is 2. The lowest BCUT2D eigenvalue weighted by Gasteiger charge is -2.11. The maximum atomic E-state index is 12.3. The summed E-state index contributed by atoms with van der Waals surface area (Å²) < 4.78 is 6.54. The number of benzene rings is 2. The second-order valence-corrected chi connectivity index (χ2v) is 7.53. The lowest BCUT2D eigenvalue weighted by Crippen LogP contribution is -2.23. The maximum absolute atomic E-state index is 12.3. The molecule has 1 heterocycles. The molecule has 2 aromatic carbocycles. The third-order valence-corrected chi connectivity index (χ3v) is 4.64. The fourth-order valence-corrected chi connectivity index (χ4v) is 3.08. The molecule has 3 aromatic rings. The molecular formula is C24H25N5O3. The van der Waals surface area contributed by atoms with Crippen LogP contribution in [-0.2, 0) is 11.3 Å². The smallest absolute Gasteiger partial charge is 0.411 e. The van der Waals surface area contributed by atoms with Gasteiger partial charge in [0.15, 0.2) is 0 Å². The number of ether oxygens (including phenoxy) is 1. The average Bonchev–Trinajstić information content (AvgIpc) is 2.78. The van der Waals surface area contributed by atoms with Gasteiger partial charge in [-0.15, -0.1) is 0 Å². The summed E-state index contributed by atoms with van der Waals surface area (Å²) in [7, 11) is 3.93. The van der Waals surface area contributed by atoms with Crippen LogP contribution in [0.5, 0.6) is 0 Å².